The van der Waals surface area contributed by atoms with E-state index in [2.05, 4.69) is 12.1 Å². The van der Waals surface area contributed by atoms with Gasteiger partial charge in [0.15, 0.2) is 5.60 Å². The summed E-state index contributed by atoms with van der Waals surface area (Å²) in [6.07, 6.45) is 0. The second-order valence-electron chi connectivity index (χ2n) is 5.73. The molecule has 0 saturated carbocycles. The van der Waals surface area contributed by atoms with Crippen LogP contribution in [-0.4, -0.2) is 11.7 Å². The number of hydrogen-bond donors (Lipinski definition) is 0. The van der Waals surface area contributed by atoms with Crippen LogP contribution < -0.4 is 0 Å². The Bertz CT molecular complexity index is 861. The second-order valence-corrected chi connectivity index (χ2v) is 6.78. The zero-order chi connectivity index (χ0) is 16.4. The first-order valence-corrected chi connectivity index (χ1v) is 8.84. The molecule has 1 aliphatic heterocycles. The Morgan fingerprint density at radius 1 is 0.792 bits per heavy atom. The molecular formula is C21H16O2S. The van der Waals surface area contributed by atoms with E-state index < -0.39 is 5.60 Å². The van der Waals surface area contributed by atoms with Gasteiger partial charge in [0.05, 0.1) is 5.56 Å². The smallest absolute Gasteiger partial charge is 0.339 e. The molecule has 4 rings (SSSR count). The van der Waals surface area contributed by atoms with Crippen LogP contribution in [0.3, 0.4) is 0 Å². The maximum Gasteiger partial charge on any atom is 0.339 e. The molecule has 1 atom stereocenters. The van der Waals surface area contributed by atoms with E-state index in [0.717, 1.165) is 16.0 Å². The average molecular weight is 332 g/mol. The largest absolute Gasteiger partial charge is 0.445 e. The Morgan fingerprint density at radius 3 is 2.17 bits per heavy atom. The molecule has 0 aliphatic carbocycles. The van der Waals surface area contributed by atoms with Crippen LogP contribution in [0, 0.1) is 0 Å². The topological polar surface area (TPSA) is 26.3 Å². The molecule has 1 aliphatic rings. The molecule has 24 heavy (non-hydrogen) atoms. The summed E-state index contributed by atoms with van der Waals surface area (Å²) >= 11 is 1.70. The van der Waals surface area contributed by atoms with Crippen molar-refractivity contribution < 1.29 is 9.53 Å². The molecule has 0 amide bonds. The predicted molar refractivity (Wildman–Crippen MR) is 96.2 cm³/mol. The molecule has 0 N–H and O–H groups in total. The van der Waals surface area contributed by atoms with Crippen LogP contribution in [-0.2, 0) is 10.3 Å². The third-order valence-corrected chi connectivity index (χ3v) is 5.43. The lowest BCUT2D eigenvalue weighted by atomic mass is 9.87. The SMILES string of the molecule is O=C1OC(CSc2ccccc2)(c2ccccc2)c2ccccc21. The van der Waals surface area contributed by atoms with Crippen molar-refractivity contribution in [2.75, 3.05) is 5.75 Å². The Hall–Kier alpha value is -2.52. The van der Waals surface area contributed by atoms with Crippen LogP contribution >= 0.6 is 11.8 Å². The molecule has 1 unspecified atom stereocenters. The second kappa shape index (κ2) is 6.17. The molecule has 0 fully saturated rings. The van der Waals surface area contributed by atoms with Crippen LogP contribution in [0.25, 0.3) is 0 Å². The molecule has 0 spiro atoms. The van der Waals surface area contributed by atoms with Gasteiger partial charge in [0.1, 0.15) is 0 Å². The van der Waals surface area contributed by atoms with E-state index in [4.69, 9.17) is 4.74 Å². The standard InChI is InChI=1S/C21H16O2S/c22-20-18-13-7-8-14-19(18)21(23-20,16-9-3-1-4-10-16)15-24-17-11-5-2-6-12-17/h1-14H,15H2. The highest BCUT2D eigenvalue weighted by Gasteiger charge is 2.46. The maximum atomic E-state index is 12.4. The molecule has 0 radical (unpaired) electrons. The summed E-state index contributed by atoms with van der Waals surface area (Å²) in [5, 5.41) is 0. The monoisotopic (exact) mass is 332 g/mol. The highest BCUT2D eigenvalue weighted by Crippen LogP contribution is 2.45. The van der Waals surface area contributed by atoms with Gasteiger partial charge in [-0.2, -0.15) is 0 Å². The van der Waals surface area contributed by atoms with Crippen LogP contribution in [0.1, 0.15) is 21.5 Å². The minimum Gasteiger partial charge on any atom is -0.445 e. The zero-order valence-electron chi connectivity index (χ0n) is 13.0. The summed E-state index contributed by atoms with van der Waals surface area (Å²) in [6.45, 7) is 0. The molecule has 118 valence electrons. The van der Waals surface area contributed by atoms with Gasteiger partial charge in [0.2, 0.25) is 0 Å². The number of rotatable bonds is 4. The predicted octanol–water partition coefficient (Wildman–Crippen LogP) is 4.89. The summed E-state index contributed by atoms with van der Waals surface area (Å²) < 4.78 is 5.97. The number of thioether (sulfide) groups is 1. The lowest BCUT2D eigenvalue weighted by molar-refractivity contribution is 0.0197. The third-order valence-electron chi connectivity index (χ3n) is 4.27. The van der Waals surface area contributed by atoms with E-state index in [1.165, 1.54) is 0 Å². The minimum atomic E-state index is -0.741. The van der Waals surface area contributed by atoms with Crippen LogP contribution in [0.4, 0.5) is 0 Å². The fourth-order valence-corrected chi connectivity index (χ4v) is 4.20. The van der Waals surface area contributed by atoms with Crippen molar-refractivity contribution in [3.8, 4) is 0 Å². The zero-order valence-corrected chi connectivity index (χ0v) is 13.8. The number of benzene rings is 3. The highest BCUT2D eigenvalue weighted by atomic mass is 32.2. The van der Waals surface area contributed by atoms with Gasteiger partial charge >= 0.3 is 5.97 Å². The van der Waals surface area contributed by atoms with Crippen molar-refractivity contribution in [3.05, 3.63) is 102 Å². The summed E-state index contributed by atoms with van der Waals surface area (Å²) in [7, 11) is 0. The number of esters is 1. The van der Waals surface area contributed by atoms with Gasteiger partial charge in [-0.05, 0) is 18.2 Å². The summed E-state index contributed by atoms with van der Waals surface area (Å²) in [5.41, 5.74) is 1.88. The van der Waals surface area contributed by atoms with E-state index in [-0.39, 0.29) is 5.97 Å². The Kier molecular flexibility index (Phi) is 3.87. The number of ether oxygens (including phenoxy) is 1. The Balaban J connectivity index is 1.79. The van der Waals surface area contributed by atoms with E-state index in [1.54, 1.807) is 11.8 Å². The first-order valence-electron chi connectivity index (χ1n) is 7.86. The average Bonchev–Trinajstić information content (AvgIpc) is 2.95. The molecule has 3 aromatic rings. The molecule has 0 saturated heterocycles. The molecule has 2 nitrogen and oxygen atoms in total. The fourth-order valence-electron chi connectivity index (χ4n) is 3.10. The van der Waals surface area contributed by atoms with E-state index in [0.29, 0.717) is 11.3 Å². The summed E-state index contributed by atoms with van der Waals surface area (Å²) in [6, 6.07) is 27.9. The molecule has 1 heterocycles. The van der Waals surface area contributed by atoms with Crippen LogP contribution in [0.2, 0.25) is 0 Å². The van der Waals surface area contributed by atoms with Gasteiger partial charge in [-0.3, -0.25) is 0 Å². The maximum absolute atomic E-state index is 12.4. The highest BCUT2D eigenvalue weighted by molar-refractivity contribution is 7.99. The lowest BCUT2D eigenvalue weighted by Gasteiger charge is -2.29. The number of cyclic esters (lactones) is 1. The summed E-state index contributed by atoms with van der Waals surface area (Å²) in [4.78, 5) is 13.6. The number of carbonyl (C=O) groups is 1. The molecule has 3 aromatic carbocycles. The molecule has 0 aromatic heterocycles. The van der Waals surface area contributed by atoms with Crippen molar-refractivity contribution in [3.63, 3.8) is 0 Å². The minimum absolute atomic E-state index is 0.247. The Morgan fingerprint density at radius 2 is 1.42 bits per heavy atom. The lowest BCUT2D eigenvalue weighted by Crippen LogP contribution is -2.30. The fraction of sp³-hybridized carbons (Fsp3) is 0.0952. The first kappa shape index (κ1) is 15.0. The normalized spacial score (nSPS) is 18.9. The Labute approximate surface area is 145 Å². The van der Waals surface area contributed by atoms with Gasteiger partial charge in [-0.15, -0.1) is 11.8 Å². The number of carbonyl (C=O) groups excluding carboxylic acids is 1. The van der Waals surface area contributed by atoms with Crippen molar-refractivity contribution in [2.24, 2.45) is 0 Å². The van der Waals surface area contributed by atoms with Gasteiger partial charge in [-0.25, -0.2) is 4.79 Å². The third kappa shape index (κ3) is 2.51. The molecule has 0 bridgehead atoms. The molecular weight excluding hydrogens is 316 g/mol. The first-order chi connectivity index (χ1) is 11.8. The van der Waals surface area contributed by atoms with Gasteiger partial charge in [-0.1, -0.05) is 66.7 Å². The van der Waals surface area contributed by atoms with Gasteiger partial charge < -0.3 is 4.74 Å². The number of fused-ring (bicyclic) bond motifs is 1. The van der Waals surface area contributed by atoms with Gasteiger partial charge in [0, 0.05) is 21.8 Å². The number of hydrogen-bond acceptors (Lipinski definition) is 3. The van der Waals surface area contributed by atoms with Crippen LogP contribution in [0.15, 0.2) is 89.8 Å². The van der Waals surface area contributed by atoms with E-state index in [1.807, 2.05) is 72.8 Å². The summed E-state index contributed by atoms with van der Waals surface area (Å²) in [5.74, 6) is 0.396. The van der Waals surface area contributed by atoms with E-state index >= 15 is 0 Å². The van der Waals surface area contributed by atoms with Crippen molar-refractivity contribution in [1.82, 2.24) is 0 Å². The van der Waals surface area contributed by atoms with E-state index in [9.17, 15) is 4.79 Å². The molecule has 3 heteroatoms. The van der Waals surface area contributed by atoms with Crippen LogP contribution in [0.5, 0.6) is 0 Å². The van der Waals surface area contributed by atoms with Crippen molar-refractivity contribution >= 4 is 17.7 Å². The van der Waals surface area contributed by atoms with Gasteiger partial charge in [0.25, 0.3) is 0 Å². The van der Waals surface area contributed by atoms with Crippen molar-refractivity contribution in [2.45, 2.75) is 10.5 Å². The quantitative estimate of drug-likeness (QED) is 0.502. The van der Waals surface area contributed by atoms with Crippen molar-refractivity contribution in [1.29, 1.82) is 0 Å².